The van der Waals surface area contributed by atoms with E-state index in [-0.39, 0.29) is 11.8 Å². The summed E-state index contributed by atoms with van der Waals surface area (Å²) in [6.07, 6.45) is 0. The molecule has 0 saturated heterocycles. The average Bonchev–Trinajstić information content (AvgIpc) is 3.20. The SMILES string of the molecule is COc1ccccc1NC(=O)NC(C(=O)Nc1nnc(-c2cccc(C)c2)s1)C(C)C. The molecule has 0 radical (unpaired) electrons. The molecule has 3 amide bonds. The molecule has 1 aromatic heterocycles. The van der Waals surface area contributed by atoms with Gasteiger partial charge >= 0.3 is 6.03 Å². The van der Waals surface area contributed by atoms with Crippen molar-refractivity contribution in [3.63, 3.8) is 0 Å². The number of rotatable bonds is 7. The highest BCUT2D eigenvalue weighted by Gasteiger charge is 2.25. The van der Waals surface area contributed by atoms with Crippen molar-refractivity contribution >= 4 is 34.1 Å². The summed E-state index contributed by atoms with van der Waals surface area (Å²) in [7, 11) is 1.52. The first-order valence-corrected chi connectivity index (χ1v) is 10.6. The molecule has 1 atom stereocenters. The molecule has 8 nitrogen and oxygen atoms in total. The zero-order chi connectivity index (χ0) is 22.4. The first kappa shape index (κ1) is 22.2. The van der Waals surface area contributed by atoms with Crippen LogP contribution < -0.4 is 20.7 Å². The molecule has 2 aromatic carbocycles. The minimum atomic E-state index is -0.763. The fourth-order valence-corrected chi connectivity index (χ4v) is 3.68. The van der Waals surface area contributed by atoms with Gasteiger partial charge in [-0.3, -0.25) is 10.1 Å². The van der Waals surface area contributed by atoms with E-state index < -0.39 is 12.1 Å². The summed E-state index contributed by atoms with van der Waals surface area (Å²) in [6, 6.07) is 13.7. The van der Waals surface area contributed by atoms with Crippen molar-refractivity contribution in [3.05, 3.63) is 54.1 Å². The van der Waals surface area contributed by atoms with Gasteiger partial charge in [-0.2, -0.15) is 0 Å². The molecule has 9 heteroatoms. The lowest BCUT2D eigenvalue weighted by Crippen LogP contribution is -2.48. The quantitative estimate of drug-likeness (QED) is 0.509. The summed E-state index contributed by atoms with van der Waals surface area (Å²) in [4.78, 5) is 25.3. The van der Waals surface area contributed by atoms with Crippen LogP contribution in [0.25, 0.3) is 10.6 Å². The van der Waals surface area contributed by atoms with Gasteiger partial charge in [0.1, 0.15) is 16.8 Å². The molecule has 1 heterocycles. The Balaban J connectivity index is 1.66. The summed E-state index contributed by atoms with van der Waals surface area (Å²) < 4.78 is 5.24. The van der Waals surface area contributed by atoms with Crippen LogP contribution in [0.4, 0.5) is 15.6 Å². The van der Waals surface area contributed by atoms with Crippen LogP contribution in [0.1, 0.15) is 19.4 Å². The first-order chi connectivity index (χ1) is 14.9. The van der Waals surface area contributed by atoms with E-state index in [9.17, 15) is 9.59 Å². The second-order valence-electron chi connectivity index (χ2n) is 7.29. The van der Waals surface area contributed by atoms with Crippen LogP contribution in [0.15, 0.2) is 48.5 Å². The highest BCUT2D eigenvalue weighted by atomic mass is 32.1. The molecule has 162 valence electrons. The number of para-hydroxylation sites is 2. The molecule has 0 aliphatic heterocycles. The lowest BCUT2D eigenvalue weighted by Gasteiger charge is -2.21. The van der Waals surface area contributed by atoms with Gasteiger partial charge < -0.3 is 15.4 Å². The Morgan fingerprint density at radius 2 is 1.81 bits per heavy atom. The molecule has 3 rings (SSSR count). The number of nitrogens with one attached hydrogen (secondary N) is 3. The lowest BCUT2D eigenvalue weighted by atomic mass is 10.0. The number of carbonyl (C=O) groups is 2. The van der Waals surface area contributed by atoms with Crippen LogP contribution in [0.3, 0.4) is 0 Å². The molecule has 0 spiro atoms. The van der Waals surface area contributed by atoms with Gasteiger partial charge in [0.15, 0.2) is 0 Å². The van der Waals surface area contributed by atoms with E-state index in [4.69, 9.17) is 4.74 Å². The van der Waals surface area contributed by atoms with Crippen molar-refractivity contribution in [2.45, 2.75) is 26.8 Å². The van der Waals surface area contributed by atoms with Gasteiger partial charge in [0.25, 0.3) is 0 Å². The van der Waals surface area contributed by atoms with Crippen LogP contribution in [-0.4, -0.2) is 35.3 Å². The van der Waals surface area contributed by atoms with Crippen LogP contribution in [0.2, 0.25) is 0 Å². The third-order valence-electron chi connectivity index (χ3n) is 4.51. The number of aryl methyl sites for hydroxylation is 1. The van der Waals surface area contributed by atoms with Crippen LogP contribution in [0.5, 0.6) is 5.75 Å². The molecule has 31 heavy (non-hydrogen) atoms. The molecular weight excluding hydrogens is 414 g/mol. The highest BCUT2D eigenvalue weighted by Crippen LogP contribution is 2.27. The topological polar surface area (TPSA) is 105 Å². The van der Waals surface area contributed by atoms with E-state index in [1.165, 1.54) is 18.4 Å². The third-order valence-corrected chi connectivity index (χ3v) is 5.40. The second kappa shape index (κ2) is 10.0. The summed E-state index contributed by atoms with van der Waals surface area (Å²) in [5.74, 6) is 0.0189. The maximum absolute atomic E-state index is 12.8. The molecule has 0 bridgehead atoms. The predicted octanol–water partition coefficient (Wildman–Crippen LogP) is 4.31. The van der Waals surface area contributed by atoms with Gasteiger partial charge in [0, 0.05) is 5.56 Å². The standard InChI is InChI=1S/C22H25N5O3S/c1-13(2)18(24-21(29)23-16-10-5-6-11-17(16)30-4)19(28)25-22-27-26-20(31-22)15-9-7-8-14(3)12-15/h5-13,18H,1-4H3,(H2,23,24,29)(H,25,27,28). The highest BCUT2D eigenvalue weighted by molar-refractivity contribution is 7.18. The third kappa shape index (κ3) is 5.79. The number of ether oxygens (including phenoxy) is 1. The van der Waals surface area contributed by atoms with Crippen LogP contribution in [-0.2, 0) is 4.79 Å². The second-order valence-corrected chi connectivity index (χ2v) is 8.27. The van der Waals surface area contributed by atoms with Gasteiger partial charge in [-0.15, -0.1) is 10.2 Å². The number of carbonyl (C=O) groups excluding carboxylic acids is 2. The molecule has 1 unspecified atom stereocenters. The Bertz CT molecular complexity index is 1070. The van der Waals surface area contributed by atoms with Gasteiger partial charge in [0.2, 0.25) is 11.0 Å². The minimum absolute atomic E-state index is 0.146. The van der Waals surface area contributed by atoms with E-state index in [0.717, 1.165) is 11.1 Å². The first-order valence-electron chi connectivity index (χ1n) is 9.79. The van der Waals surface area contributed by atoms with E-state index >= 15 is 0 Å². The number of urea groups is 1. The molecule has 3 aromatic rings. The molecular formula is C22H25N5O3S. The van der Waals surface area contributed by atoms with Gasteiger partial charge in [-0.05, 0) is 31.0 Å². The monoisotopic (exact) mass is 439 g/mol. The number of anilines is 2. The predicted molar refractivity (Wildman–Crippen MR) is 122 cm³/mol. The summed E-state index contributed by atoms with van der Waals surface area (Å²) in [5, 5.41) is 17.5. The molecule has 0 saturated carbocycles. The fourth-order valence-electron chi connectivity index (χ4n) is 2.93. The van der Waals surface area contributed by atoms with Crippen molar-refractivity contribution in [1.29, 1.82) is 0 Å². The number of methoxy groups -OCH3 is 1. The average molecular weight is 440 g/mol. The number of nitrogens with zero attached hydrogens (tertiary/aromatic N) is 2. The summed E-state index contributed by atoms with van der Waals surface area (Å²) in [5.41, 5.74) is 2.56. The summed E-state index contributed by atoms with van der Waals surface area (Å²) in [6.45, 7) is 5.71. The molecule has 0 fully saturated rings. The Morgan fingerprint density at radius 1 is 1.03 bits per heavy atom. The lowest BCUT2D eigenvalue weighted by molar-refractivity contribution is -0.118. The van der Waals surface area contributed by atoms with Gasteiger partial charge in [-0.25, -0.2) is 4.79 Å². The van der Waals surface area contributed by atoms with Gasteiger partial charge in [0.05, 0.1) is 12.8 Å². The normalized spacial score (nSPS) is 11.6. The Morgan fingerprint density at radius 3 is 2.52 bits per heavy atom. The summed E-state index contributed by atoms with van der Waals surface area (Å²) >= 11 is 1.28. The van der Waals surface area contributed by atoms with Crippen molar-refractivity contribution in [2.24, 2.45) is 5.92 Å². The maximum Gasteiger partial charge on any atom is 0.320 e. The minimum Gasteiger partial charge on any atom is -0.495 e. The number of hydrogen-bond donors (Lipinski definition) is 3. The van der Waals surface area contributed by atoms with Crippen molar-refractivity contribution in [1.82, 2.24) is 15.5 Å². The Kier molecular flexibility index (Phi) is 7.19. The van der Waals surface area contributed by atoms with Crippen molar-refractivity contribution in [2.75, 3.05) is 17.7 Å². The van der Waals surface area contributed by atoms with Crippen molar-refractivity contribution < 1.29 is 14.3 Å². The number of benzene rings is 2. The maximum atomic E-state index is 12.8. The number of hydrogen-bond acceptors (Lipinski definition) is 6. The van der Waals surface area contributed by atoms with E-state index in [2.05, 4.69) is 26.1 Å². The van der Waals surface area contributed by atoms with Gasteiger partial charge in [-0.1, -0.05) is 61.1 Å². The molecule has 0 aliphatic rings. The van der Waals surface area contributed by atoms with E-state index in [1.807, 2.05) is 45.0 Å². The van der Waals surface area contributed by atoms with Crippen molar-refractivity contribution in [3.8, 4) is 16.3 Å². The smallest absolute Gasteiger partial charge is 0.320 e. The fraction of sp³-hybridized carbons (Fsp3) is 0.273. The van der Waals surface area contributed by atoms with E-state index in [0.29, 0.717) is 21.6 Å². The van der Waals surface area contributed by atoms with Crippen LogP contribution >= 0.6 is 11.3 Å². The van der Waals surface area contributed by atoms with E-state index in [1.54, 1.807) is 24.3 Å². The molecule has 3 N–H and O–H groups in total. The molecule has 0 aliphatic carbocycles. The van der Waals surface area contributed by atoms with Crippen LogP contribution in [0, 0.1) is 12.8 Å². The number of amides is 3. The zero-order valence-corrected chi connectivity index (χ0v) is 18.6. The Hall–Kier alpha value is -3.46. The Labute approximate surface area is 185 Å². The number of aromatic nitrogens is 2. The zero-order valence-electron chi connectivity index (χ0n) is 17.8. The largest absolute Gasteiger partial charge is 0.495 e.